The fraction of sp³-hybridized carbons (Fsp3) is 0.353. The first-order chi connectivity index (χ1) is 13.0. The number of piperidine rings is 1. The van der Waals surface area contributed by atoms with E-state index in [0.29, 0.717) is 17.3 Å². The van der Waals surface area contributed by atoms with Crippen LogP contribution in [0.5, 0.6) is 0 Å². The van der Waals surface area contributed by atoms with E-state index in [1.54, 1.807) is 0 Å². The van der Waals surface area contributed by atoms with E-state index in [0.717, 1.165) is 37.9 Å². The van der Waals surface area contributed by atoms with Crippen LogP contribution in [-0.2, 0) is 9.84 Å². The van der Waals surface area contributed by atoms with Gasteiger partial charge < -0.3 is 4.90 Å². The van der Waals surface area contributed by atoms with Gasteiger partial charge in [0, 0.05) is 37.9 Å². The standard InChI is InChI=1S/C17H19N7O2S/c1-27(25,26)17-15(16-20-22-23-21-16)14(4-9-19-17)24-10-5-13(6-11-24)12-2-7-18-8-3-12/h2-4,7-9,13H,5-6,10-11H2,1H3,(H,20,21,22,23). The minimum Gasteiger partial charge on any atom is -0.371 e. The normalized spacial score (nSPS) is 15.8. The van der Waals surface area contributed by atoms with E-state index < -0.39 is 9.84 Å². The lowest BCUT2D eigenvalue weighted by molar-refractivity contribution is 0.505. The second-order valence-electron chi connectivity index (χ2n) is 6.57. The van der Waals surface area contributed by atoms with Crippen LogP contribution in [0.25, 0.3) is 11.4 Å². The van der Waals surface area contributed by atoms with Gasteiger partial charge in [-0.1, -0.05) is 0 Å². The Labute approximate surface area is 156 Å². The van der Waals surface area contributed by atoms with Crippen molar-refractivity contribution in [3.8, 4) is 11.4 Å². The van der Waals surface area contributed by atoms with Crippen molar-refractivity contribution in [2.75, 3.05) is 24.2 Å². The first-order valence-corrected chi connectivity index (χ1v) is 10.5. The zero-order chi connectivity index (χ0) is 18.9. The number of hydrogen-bond donors (Lipinski definition) is 1. The second-order valence-corrected chi connectivity index (χ2v) is 8.51. The van der Waals surface area contributed by atoms with E-state index in [1.165, 1.54) is 11.8 Å². The van der Waals surface area contributed by atoms with Crippen molar-refractivity contribution in [2.24, 2.45) is 0 Å². The zero-order valence-corrected chi connectivity index (χ0v) is 15.6. The van der Waals surface area contributed by atoms with Crippen LogP contribution < -0.4 is 4.90 Å². The summed E-state index contributed by atoms with van der Waals surface area (Å²) >= 11 is 0. The maximum atomic E-state index is 12.3. The summed E-state index contributed by atoms with van der Waals surface area (Å²) in [7, 11) is -3.53. The van der Waals surface area contributed by atoms with Gasteiger partial charge >= 0.3 is 0 Å². The lowest BCUT2D eigenvalue weighted by atomic mass is 9.90. The minimum absolute atomic E-state index is 0.0187. The highest BCUT2D eigenvalue weighted by atomic mass is 32.2. The van der Waals surface area contributed by atoms with Crippen molar-refractivity contribution in [2.45, 2.75) is 23.8 Å². The van der Waals surface area contributed by atoms with Crippen molar-refractivity contribution < 1.29 is 8.42 Å². The molecule has 4 heterocycles. The minimum atomic E-state index is -3.53. The molecule has 1 saturated heterocycles. The van der Waals surface area contributed by atoms with Gasteiger partial charge in [-0.25, -0.2) is 18.5 Å². The molecule has 3 aromatic heterocycles. The lowest BCUT2D eigenvalue weighted by Gasteiger charge is -2.34. The predicted molar refractivity (Wildman–Crippen MR) is 98.9 cm³/mol. The molecule has 9 nitrogen and oxygen atoms in total. The fourth-order valence-electron chi connectivity index (χ4n) is 3.55. The number of anilines is 1. The molecule has 0 aliphatic carbocycles. The van der Waals surface area contributed by atoms with Gasteiger partial charge in [0.25, 0.3) is 0 Å². The predicted octanol–water partition coefficient (Wildman–Crippen LogP) is 1.44. The highest BCUT2D eigenvalue weighted by Gasteiger charge is 2.28. The Morgan fingerprint density at radius 1 is 1.11 bits per heavy atom. The largest absolute Gasteiger partial charge is 0.371 e. The quantitative estimate of drug-likeness (QED) is 0.717. The highest BCUT2D eigenvalue weighted by Crippen LogP contribution is 2.36. The SMILES string of the molecule is CS(=O)(=O)c1nccc(N2CCC(c3ccncc3)CC2)c1-c1nnn[nH]1. The Hall–Kier alpha value is -2.88. The Bertz CT molecular complexity index is 1010. The van der Waals surface area contributed by atoms with E-state index in [4.69, 9.17) is 0 Å². The summed E-state index contributed by atoms with van der Waals surface area (Å²) in [5.41, 5.74) is 2.49. The van der Waals surface area contributed by atoms with E-state index >= 15 is 0 Å². The molecule has 1 N–H and O–H groups in total. The van der Waals surface area contributed by atoms with Crippen LogP contribution in [0.3, 0.4) is 0 Å². The molecular weight excluding hydrogens is 366 g/mol. The number of H-pyrrole nitrogens is 1. The molecule has 0 aromatic carbocycles. The van der Waals surface area contributed by atoms with Crippen LogP contribution in [0, 0.1) is 0 Å². The van der Waals surface area contributed by atoms with Crippen LogP contribution in [0.2, 0.25) is 0 Å². The van der Waals surface area contributed by atoms with Gasteiger partial charge in [0.1, 0.15) is 0 Å². The Morgan fingerprint density at radius 2 is 1.85 bits per heavy atom. The van der Waals surface area contributed by atoms with E-state index in [9.17, 15) is 8.42 Å². The monoisotopic (exact) mass is 385 g/mol. The molecule has 4 rings (SSSR count). The van der Waals surface area contributed by atoms with Gasteiger partial charge in [0.05, 0.1) is 11.3 Å². The van der Waals surface area contributed by atoms with E-state index in [1.807, 2.05) is 18.5 Å². The van der Waals surface area contributed by atoms with Crippen LogP contribution in [0.1, 0.15) is 24.3 Å². The van der Waals surface area contributed by atoms with Gasteiger partial charge in [0.15, 0.2) is 20.7 Å². The maximum Gasteiger partial charge on any atom is 0.193 e. The molecule has 1 aliphatic rings. The molecule has 140 valence electrons. The molecule has 0 radical (unpaired) electrons. The number of hydrogen-bond acceptors (Lipinski definition) is 8. The molecule has 27 heavy (non-hydrogen) atoms. The molecule has 0 atom stereocenters. The molecule has 0 saturated carbocycles. The summed E-state index contributed by atoms with van der Waals surface area (Å²) < 4.78 is 24.5. The van der Waals surface area contributed by atoms with Gasteiger partial charge in [-0.15, -0.1) is 5.10 Å². The van der Waals surface area contributed by atoms with Crippen molar-refractivity contribution in [1.29, 1.82) is 0 Å². The summed E-state index contributed by atoms with van der Waals surface area (Å²) in [6.07, 6.45) is 8.23. The fourth-order valence-corrected chi connectivity index (χ4v) is 4.38. The van der Waals surface area contributed by atoms with Crippen molar-refractivity contribution in [3.63, 3.8) is 0 Å². The second kappa shape index (κ2) is 7.03. The smallest absolute Gasteiger partial charge is 0.193 e. The first-order valence-electron chi connectivity index (χ1n) is 8.62. The molecule has 1 fully saturated rings. The van der Waals surface area contributed by atoms with Crippen LogP contribution >= 0.6 is 0 Å². The van der Waals surface area contributed by atoms with Gasteiger partial charge in [-0.3, -0.25) is 4.98 Å². The van der Waals surface area contributed by atoms with E-state index in [-0.39, 0.29) is 5.03 Å². The van der Waals surface area contributed by atoms with Crippen LogP contribution in [-0.4, -0.2) is 58.4 Å². The molecule has 10 heteroatoms. The molecule has 0 unspecified atom stereocenters. The average Bonchev–Trinajstić information content (AvgIpc) is 3.22. The Morgan fingerprint density at radius 3 is 2.48 bits per heavy atom. The molecule has 3 aromatic rings. The number of sulfone groups is 1. The number of rotatable bonds is 4. The van der Waals surface area contributed by atoms with E-state index in [2.05, 4.69) is 47.6 Å². The number of aromatic nitrogens is 6. The van der Waals surface area contributed by atoms with Crippen molar-refractivity contribution in [3.05, 3.63) is 42.4 Å². The number of aromatic amines is 1. The molecule has 0 spiro atoms. The third-order valence-corrected chi connectivity index (χ3v) is 5.85. The summed E-state index contributed by atoms with van der Waals surface area (Å²) in [5, 5.41) is 13.8. The summed E-state index contributed by atoms with van der Waals surface area (Å²) in [4.78, 5) is 10.3. The molecule has 0 bridgehead atoms. The highest BCUT2D eigenvalue weighted by molar-refractivity contribution is 7.90. The van der Waals surface area contributed by atoms with Crippen molar-refractivity contribution >= 4 is 15.5 Å². The third kappa shape index (κ3) is 3.52. The van der Waals surface area contributed by atoms with Gasteiger partial charge in [0.2, 0.25) is 0 Å². The van der Waals surface area contributed by atoms with Crippen molar-refractivity contribution in [1.82, 2.24) is 30.6 Å². The summed E-state index contributed by atoms with van der Waals surface area (Å²) in [6, 6.07) is 5.93. The zero-order valence-electron chi connectivity index (χ0n) is 14.8. The number of pyridine rings is 2. The number of tetrazole rings is 1. The molecule has 1 aliphatic heterocycles. The molecular formula is C17H19N7O2S. The van der Waals surface area contributed by atoms with Crippen LogP contribution in [0.15, 0.2) is 41.8 Å². The number of nitrogens with one attached hydrogen (secondary N) is 1. The number of nitrogens with zero attached hydrogens (tertiary/aromatic N) is 6. The Kier molecular flexibility index (Phi) is 4.56. The van der Waals surface area contributed by atoms with Crippen LogP contribution in [0.4, 0.5) is 5.69 Å². The topological polar surface area (TPSA) is 118 Å². The maximum absolute atomic E-state index is 12.3. The average molecular weight is 385 g/mol. The first kappa shape index (κ1) is 17.5. The van der Waals surface area contributed by atoms with Gasteiger partial charge in [-0.2, -0.15) is 0 Å². The summed E-state index contributed by atoms with van der Waals surface area (Å²) in [5.74, 6) is 0.769. The van der Waals surface area contributed by atoms with Gasteiger partial charge in [-0.05, 0) is 52.9 Å². The third-order valence-electron chi connectivity index (χ3n) is 4.84. The Balaban J connectivity index is 1.67. The lowest BCUT2D eigenvalue weighted by Crippen LogP contribution is -2.33. The summed E-state index contributed by atoms with van der Waals surface area (Å²) in [6.45, 7) is 1.60. The molecule has 0 amide bonds.